The van der Waals surface area contributed by atoms with E-state index in [9.17, 15) is 0 Å². The van der Waals surface area contributed by atoms with Gasteiger partial charge in [0.1, 0.15) is 0 Å². The fourth-order valence-corrected chi connectivity index (χ4v) is 2.13. The zero-order valence-electron chi connectivity index (χ0n) is 11.7. The number of aromatic nitrogens is 1. The molecular weight excluding hydrogens is 208 g/mol. The summed E-state index contributed by atoms with van der Waals surface area (Å²) in [5, 5.41) is 3.30. The molecule has 1 aliphatic rings. The molecule has 1 N–H and O–H groups in total. The molecule has 0 aliphatic carbocycles. The molecule has 0 saturated carbocycles. The van der Waals surface area contributed by atoms with Crippen LogP contribution in [0.4, 0.5) is 0 Å². The Bertz CT molecular complexity index is 314. The minimum absolute atomic E-state index is 0.637. The van der Waals surface area contributed by atoms with Crippen LogP contribution in [-0.2, 0) is 0 Å². The predicted octanol–water partition coefficient (Wildman–Crippen LogP) is 3.70. The molecule has 2 rings (SSSR count). The summed E-state index contributed by atoms with van der Waals surface area (Å²) in [5.41, 5.74) is 2.56. The monoisotopic (exact) mass is 234 g/mol. The van der Waals surface area contributed by atoms with Gasteiger partial charge in [-0.15, -0.1) is 0 Å². The van der Waals surface area contributed by atoms with Crippen molar-refractivity contribution in [3.8, 4) is 0 Å². The average molecular weight is 234 g/mol. The van der Waals surface area contributed by atoms with Gasteiger partial charge in [-0.2, -0.15) is 0 Å². The Hall–Kier alpha value is -0.890. The molecule has 0 atom stereocenters. The van der Waals surface area contributed by atoms with Gasteiger partial charge in [-0.25, -0.2) is 0 Å². The molecule has 0 radical (unpaired) electrons. The second-order valence-corrected chi connectivity index (χ2v) is 4.36. The number of hydrogen-bond donors (Lipinski definition) is 1. The largest absolute Gasteiger partial charge is 0.315 e. The smallest absolute Gasteiger partial charge is 0.0463 e. The van der Waals surface area contributed by atoms with E-state index in [0.29, 0.717) is 11.8 Å². The fourth-order valence-electron chi connectivity index (χ4n) is 2.13. The average Bonchev–Trinajstić information content (AvgIpc) is 2.32. The first-order valence-electron chi connectivity index (χ1n) is 7.02. The van der Waals surface area contributed by atoms with Crippen molar-refractivity contribution in [2.45, 2.75) is 52.4 Å². The first-order chi connectivity index (χ1) is 8.35. The Morgan fingerprint density at radius 2 is 1.88 bits per heavy atom. The van der Waals surface area contributed by atoms with Gasteiger partial charge in [-0.05, 0) is 25.0 Å². The highest BCUT2D eigenvalue weighted by Crippen LogP contribution is 2.24. The zero-order valence-corrected chi connectivity index (χ0v) is 11.7. The maximum absolute atomic E-state index is 4.80. The van der Waals surface area contributed by atoms with Crippen molar-refractivity contribution < 1.29 is 0 Å². The predicted molar refractivity (Wildman–Crippen MR) is 74.5 cm³/mol. The summed E-state index contributed by atoms with van der Waals surface area (Å²) in [4.78, 5) is 4.80. The highest BCUT2D eigenvalue weighted by Gasteiger charge is 2.20. The topological polar surface area (TPSA) is 24.9 Å². The molecule has 0 bridgehead atoms. The zero-order chi connectivity index (χ0) is 12.7. The first kappa shape index (κ1) is 14.2. The number of hydrogen-bond acceptors (Lipinski definition) is 2. The third kappa shape index (κ3) is 3.53. The van der Waals surface area contributed by atoms with Crippen LogP contribution in [0.2, 0.25) is 0 Å². The van der Waals surface area contributed by atoms with Crippen LogP contribution in [0.3, 0.4) is 0 Å². The van der Waals surface area contributed by atoms with Crippen LogP contribution in [0.5, 0.6) is 0 Å². The fraction of sp³-hybridized carbons (Fsp3) is 0.667. The summed E-state index contributed by atoms with van der Waals surface area (Å²) in [6, 6.07) is 6.50. The van der Waals surface area contributed by atoms with E-state index in [1.165, 1.54) is 24.2 Å². The summed E-state index contributed by atoms with van der Waals surface area (Å²) in [6.45, 7) is 10.7. The lowest BCUT2D eigenvalue weighted by Crippen LogP contribution is -2.40. The Morgan fingerprint density at radius 3 is 2.35 bits per heavy atom. The number of nitrogens with zero attached hydrogens (tertiary/aromatic N) is 1. The van der Waals surface area contributed by atoms with Crippen LogP contribution in [-0.4, -0.2) is 18.1 Å². The third-order valence-corrected chi connectivity index (χ3v) is 3.40. The van der Waals surface area contributed by atoms with E-state index in [1.807, 2.05) is 13.8 Å². The van der Waals surface area contributed by atoms with Crippen LogP contribution in [0.15, 0.2) is 18.2 Å². The summed E-state index contributed by atoms with van der Waals surface area (Å²) in [7, 11) is 0. The second-order valence-electron chi connectivity index (χ2n) is 4.36. The summed E-state index contributed by atoms with van der Waals surface area (Å²) < 4.78 is 0. The Labute approximate surface area is 106 Å². The molecule has 2 heterocycles. The van der Waals surface area contributed by atoms with Gasteiger partial charge in [0.25, 0.3) is 0 Å². The SMILES string of the molecule is CC.CCC(CC)c1cccc(C2CNC2)n1. The highest BCUT2D eigenvalue weighted by molar-refractivity contribution is 5.19. The van der Waals surface area contributed by atoms with Crippen molar-refractivity contribution in [1.82, 2.24) is 10.3 Å². The summed E-state index contributed by atoms with van der Waals surface area (Å²) >= 11 is 0. The number of nitrogens with one attached hydrogen (secondary N) is 1. The molecule has 0 amide bonds. The molecule has 2 nitrogen and oxygen atoms in total. The van der Waals surface area contributed by atoms with Gasteiger partial charge < -0.3 is 5.32 Å². The van der Waals surface area contributed by atoms with E-state index in [2.05, 4.69) is 37.4 Å². The molecule has 0 spiro atoms. The number of pyridine rings is 1. The number of rotatable bonds is 4. The van der Waals surface area contributed by atoms with Gasteiger partial charge in [-0.3, -0.25) is 4.98 Å². The van der Waals surface area contributed by atoms with Gasteiger partial charge in [0.15, 0.2) is 0 Å². The van der Waals surface area contributed by atoms with Crippen LogP contribution in [0, 0.1) is 0 Å². The second kappa shape index (κ2) is 7.44. The standard InChI is InChI=1S/C13H20N2.C2H6/c1-3-10(4-2)12-6-5-7-13(15-12)11-8-14-9-11;1-2/h5-7,10-11,14H,3-4,8-9H2,1-2H3;1-2H3. The summed E-state index contributed by atoms with van der Waals surface area (Å²) in [5.74, 6) is 1.29. The maximum atomic E-state index is 4.80. The molecular formula is C15H26N2. The molecule has 0 unspecified atom stereocenters. The molecule has 1 aromatic rings. The van der Waals surface area contributed by atoms with Crippen molar-refractivity contribution >= 4 is 0 Å². The van der Waals surface area contributed by atoms with Gasteiger partial charge in [0.05, 0.1) is 0 Å². The normalized spacial score (nSPS) is 15.1. The van der Waals surface area contributed by atoms with Crippen LogP contribution >= 0.6 is 0 Å². The first-order valence-corrected chi connectivity index (χ1v) is 7.02. The Morgan fingerprint density at radius 1 is 1.24 bits per heavy atom. The van der Waals surface area contributed by atoms with Crippen LogP contribution in [0.25, 0.3) is 0 Å². The van der Waals surface area contributed by atoms with Crippen LogP contribution in [0.1, 0.15) is 63.8 Å². The van der Waals surface area contributed by atoms with Gasteiger partial charge in [0.2, 0.25) is 0 Å². The van der Waals surface area contributed by atoms with Crippen molar-refractivity contribution in [1.29, 1.82) is 0 Å². The summed E-state index contributed by atoms with van der Waals surface area (Å²) in [6.07, 6.45) is 2.38. The Balaban J connectivity index is 0.000000686. The van der Waals surface area contributed by atoms with E-state index >= 15 is 0 Å². The van der Waals surface area contributed by atoms with Crippen molar-refractivity contribution in [3.63, 3.8) is 0 Å². The lowest BCUT2D eigenvalue weighted by molar-refractivity contribution is 0.437. The Kier molecular flexibility index (Phi) is 6.20. The highest BCUT2D eigenvalue weighted by atomic mass is 15.0. The molecule has 2 heteroatoms. The molecule has 1 saturated heterocycles. The molecule has 17 heavy (non-hydrogen) atoms. The molecule has 1 aliphatic heterocycles. The van der Waals surface area contributed by atoms with Crippen LogP contribution < -0.4 is 5.32 Å². The van der Waals surface area contributed by atoms with E-state index in [-0.39, 0.29) is 0 Å². The minimum atomic E-state index is 0.637. The van der Waals surface area contributed by atoms with E-state index in [1.54, 1.807) is 0 Å². The van der Waals surface area contributed by atoms with E-state index < -0.39 is 0 Å². The van der Waals surface area contributed by atoms with E-state index in [4.69, 9.17) is 4.98 Å². The molecule has 96 valence electrons. The quantitative estimate of drug-likeness (QED) is 0.859. The molecule has 0 aromatic carbocycles. The lowest BCUT2D eigenvalue weighted by atomic mass is 9.95. The van der Waals surface area contributed by atoms with Crippen molar-refractivity contribution in [3.05, 3.63) is 29.6 Å². The van der Waals surface area contributed by atoms with Crippen molar-refractivity contribution in [2.24, 2.45) is 0 Å². The lowest BCUT2D eigenvalue weighted by Gasteiger charge is -2.27. The van der Waals surface area contributed by atoms with Crippen molar-refractivity contribution in [2.75, 3.05) is 13.1 Å². The maximum Gasteiger partial charge on any atom is 0.0463 e. The van der Waals surface area contributed by atoms with Gasteiger partial charge in [0, 0.05) is 36.3 Å². The molecule has 1 aromatic heterocycles. The van der Waals surface area contributed by atoms with Gasteiger partial charge in [-0.1, -0.05) is 33.8 Å². The third-order valence-electron chi connectivity index (χ3n) is 3.40. The molecule has 1 fully saturated rings. The van der Waals surface area contributed by atoms with E-state index in [0.717, 1.165) is 13.1 Å². The minimum Gasteiger partial charge on any atom is -0.315 e. The van der Waals surface area contributed by atoms with Gasteiger partial charge >= 0.3 is 0 Å².